The highest BCUT2D eigenvalue weighted by Gasteiger charge is 2.28. The van der Waals surface area contributed by atoms with Crippen molar-refractivity contribution in [3.8, 4) is 5.88 Å². The number of carbonyl (C=O) groups excluding carboxylic acids is 1. The highest BCUT2D eigenvalue weighted by atomic mass is 35.5. The predicted molar refractivity (Wildman–Crippen MR) is 131 cm³/mol. The number of aromatic nitrogens is 1. The number of carbonyl (C=O) groups is 1. The lowest BCUT2D eigenvalue weighted by Gasteiger charge is -2.24. The van der Waals surface area contributed by atoms with E-state index in [2.05, 4.69) is 15.2 Å². The molecule has 1 aromatic heterocycles. The van der Waals surface area contributed by atoms with Crippen molar-refractivity contribution in [1.82, 2.24) is 4.98 Å². The zero-order chi connectivity index (χ0) is 24.5. The summed E-state index contributed by atoms with van der Waals surface area (Å²) in [5.74, 6) is -1.05. The van der Waals surface area contributed by atoms with Crippen molar-refractivity contribution >= 4 is 49.8 Å². The molecule has 0 saturated heterocycles. The van der Waals surface area contributed by atoms with Crippen molar-refractivity contribution in [1.29, 1.82) is 0 Å². The molecule has 10 heteroatoms. The van der Waals surface area contributed by atoms with Gasteiger partial charge in [0.25, 0.3) is 15.9 Å². The smallest absolute Gasteiger partial charge is 0.285 e. The third kappa shape index (κ3) is 4.66. The number of H-pyrrole nitrogens is 1. The molecule has 174 valence electrons. The fourth-order valence-electron chi connectivity index (χ4n) is 3.51. The molecule has 0 radical (unpaired) electrons. The van der Waals surface area contributed by atoms with Crippen LogP contribution < -0.4 is 4.31 Å². The molecule has 0 saturated carbocycles. The molecule has 0 aliphatic carbocycles. The van der Waals surface area contributed by atoms with Crippen LogP contribution in [0.1, 0.15) is 11.1 Å². The molecule has 1 heterocycles. The number of nitrogens with zero attached hydrogens (tertiary/aromatic N) is 3. The number of azo groups is 1. The van der Waals surface area contributed by atoms with Crippen LogP contribution in [0.2, 0.25) is 5.02 Å². The molecule has 0 aliphatic rings. The number of para-hydroxylation sites is 1. The van der Waals surface area contributed by atoms with Gasteiger partial charge in [0.1, 0.15) is 6.54 Å². The average molecular weight is 497 g/mol. The summed E-state index contributed by atoms with van der Waals surface area (Å²) < 4.78 is 28.0. The summed E-state index contributed by atoms with van der Waals surface area (Å²) in [4.78, 5) is 15.6. The number of nitrogens with one attached hydrogen (secondary N) is 1. The number of hydrogen-bond donors (Lipinski definition) is 2. The first-order valence-electron chi connectivity index (χ1n) is 10.3. The molecule has 4 aromatic rings. The van der Waals surface area contributed by atoms with Gasteiger partial charge in [0.15, 0.2) is 5.69 Å². The Morgan fingerprint density at radius 2 is 1.76 bits per heavy atom. The summed E-state index contributed by atoms with van der Waals surface area (Å²) in [6.07, 6.45) is 0. The number of aromatic amines is 1. The van der Waals surface area contributed by atoms with Crippen LogP contribution in [-0.4, -0.2) is 31.0 Å². The first-order valence-corrected chi connectivity index (χ1v) is 12.1. The molecule has 34 heavy (non-hydrogen) atoms. The summed E-state index contributed by atoms with van der Waals surface area (Å²) in [7, 11) is -4.10. The Balaban J connectivity index is 1.70. The van der Waals surface area contributed by atoms with Crippen LogP contribution in [0.25, 0.3) is 10.9 Å². The van der Waals surface area contributed by atoms with Crippen molar-refractivity contribution in [2.24, 2.45) is 10.2 Å². The highest BCUT2D eigenvalue weighted by molar-refractivity contribution is 7.92. The Bertz CT molecular complexity index is 1510. The molecular weight excluding hydrogens is 476 g/mol. The third-order valence-corrected chi connectivity index (χ3v) is 7.25. The van der Waals surface area contributed by atoms with Crippen LogP contribution in [0.5, 0.6) is 5.88 Å². The second-order valence-corrected chi connectivity index (χ2v) is 10.0. The van der Waals surface area contributed by atoms with Gasteiger partial charge in [-0.1, -0.05) is 47.5 Å². The molecule has 3 aromatic carbocycles. The summed E-state index contributed by atoms with van der Waals surface area (Å²) in [6, 6.07) is 18.0. The second-order valence-electron chi connectivity index (χ2n) is 7.72. The molecule has 2 N–H and O–H groups in total. The number of hydrogen-bond acceptors (Lipinski definition) is 5. The lowest BCUT2D eigenvalue weighted by Crippen LogP contribution is -2.35. The van der Waals surface area contributed by atoms with Crippen molar-refractivity contribution in [2.45, 2.75) is 18.7 Å². The largest absolute Gasteiger partial charge is 0.493 e. The normalized spacial score (nSPS) is 11.9. The van der Waals surface area contributed by atoms with Gasteiger partial charge < -0.3 is 10.1 Å². The highest BCUT2D eigenvalue weighted by Crippen LogP contribution is 2.35. The van der Waals surface area contributed by atoms with E-state index in [0.29, 0.717) is 27.2 Å². The van der Waals surface area contributed by atoms with Crippen molar-refractivity contribution < 1.29 is 18.3 Å². The van der Waals surface area contributed by atoms with Crippen LogP contribution in [0.3, 0.4) is 0 Å². The SMILES string of the molecule is Cc1ccc(S(=O)(=O)N(CC(=O)N=Nc2c(O)[nH]c3ccccc23)c2ccc(Cl)cc2C)cc1. The van der Waals surface area contributed by atoms with E-state index in [-0.39, 0.29) is 16.5 Å². The standard InChI is InChI=1S/C24H21ClN4O4S/c1-15-7-10-18(11-8-15)34(32,33)29(21-12-9-17(25)13-16(21)2)14-22(30)27-28-23-19-5-3-4-6-20(19)26-24(23)31/h3-13,26,31H,14H2,1-2H3. The van der Waals surface area contributed by atoms with E-state index in [4.69, 9.17) is 11.6 Å². The second kappa shape index (κ2) is 9.28. The minimum atomic E-state index is -4.10. The van der Waals surface area contributed by atoms with Gasteiger partial charge in [-0.05, 0) is 55.8 Å². The lowest BCUT2D eigenvalue weighted by atomic mass is 10.2. The quantitative estimate of drug-likeness (QED) is 0.335. The van der Waals surface area contributed by atoms with E-state index < -0.39 is 22.5 Å². The van der Waals surface area contributed by atoms with E-state index in [9.17, 15) is 18.3 Å². The van der Waals surface area contributed by atoms with Gasteiger partial charge in [0, 0.05) is 10.4 Å². The molecular formula is C24H21ClN4O4S. The van der Waals surface area contributed by atoms with Crippen LogP contribution in [-0.2, 0) is 14.8 Å². The minimum absolute atomic E-state index is 0.0338. The Morgan fingerprint density at radius 1 is 1.06 bits per heavy atom. The van der Waals surface area contributed by atoms with Crippen LogP contribution in [0.15, 0.2) is 81.9 Å². The summed E-state index contributed by atoms with van der Waals surface area (Å²) in [6.45, 7) is 2.96. The van der Waals surface area contributed by atoms with Gasteiger partial charge >= 0.3 is 0 Å². The summed E-state index contributed by atoms with van der Waals surface area (Å²) in [5, 5.41) is 18.7. The topological polar surface area (TPSA) is 115 Å². The van der Waals surface area contributed by atoms with Crippen LogP contribution in [0.4, 0.5) is 11.4 Å². The number of amides is 1. The van der Waals surface area contributed by atoms with E-state index in [1.165, 1.54) is 12.1 Å². The number of anilines is 1. The number of halogens is 1. The molecule has 4 rings (SSSR count). The predicted octanol–water partition coefficient (Wildman–Crippen LogP) is 5.65. The van der Waals surface area contributed by atoms with Crippen molar-refractivity contribution in [2.75, 3.05) is 10.8 Å². The number of benzene rings is 3. The van der Waals surface area contributed by atoms with Crippen molar-refractivity contribution in [3.05, 3.63) is 82.9 Å². The fourth-order valence-corrected chi connectivity index (χ4v) is 5.22. The molecule has 0 unspecified atom stereocenters. The number of sulfonamides is 1. The third-order valence-electron chi connectivity index (χ3n) is 5.24. The molecule has 8 nitrogen and oxygen atoms in total. The molecule has 1 amide bonds. The van der Waals surface area contributed by atoms with Gasteiger partial charge in [-0.3, -0.25) is 9.10 Å². The average Bonchev–Trinajstić information content (AvgIpc) is 3.11. The van der Waals surface area contributed by atoms with E-state index in [1.807, 2.05) is 6.92 Å². The lowest BCUT2D eigenvalue weighted by molar-refractivity contribution is -0.116. The molecule has 0 atom stereocenters. The maximum atomic E-state index is 13.5. The fraction of sp³-hybridized carbons (Fsp3) is 0.125. The maximum Gasteiger partial charge on any atom is 0.285 e. The molecule has 0 fully saturated rings. The number of aryl methyl sites for hydroxylation is 2. The van der Waals surface area contributed by atoms with E-state index in [1.54, 1.807) is 61.5 Å². The number of rotatable bonds is 6. The van der Waals surface area contributed by atoms with Gasteiger partial charge in [-0.2, -0.15) is 0 Å². The first-order chi connectivity index (χ1) is 16.2. The van der Waals surface area contributed by atoms with E-state index >= 15 is 0 Å². The Hall–Kier alpha value is -3.69. The molecule has 0 aliphatic heterocycles. The number of aromatic hydroxyl groups is 1. The van der Waals surface area contributed by atoms with E-state index in [0.717, 1.165) is 9.87 Å². The minimum Gasteiger partial charge on any atom is -0.493 e. The Kier molecular flexibility index (Phi) is 6.41. The zero-order valence-electron chi connectivity index (χ0n) is 18.4. The zero-order valence-corrected chi connectivity index (χ0v) is 19.9. The summed E-state index contributed by atoms with van der Waals surface area (Å²) in [5.41, 5.74) is 2.49. The monoisotopic (exact) mass is 496 g/mol. The van der Waals surface area contributed by atoms with Crippen LogP contribution >= 0.6 is 11.6 Å². The molecule has 0 bridgehead atoms. The first kappa shape index (κ1) is 23.5. The molecule has 0 spiro atoms. The van der Waals surface area contributed by atoms with Gasteiger partial charge in [-0.25, -0.2) is 8.42 Å². The van der Waals surface area contributed by atoms with Gasteiger partial charge in [-0.15, -0.1) is 10.2 Å². The maximum absolute atomic E-state index is 13.5. The number of fused-ring (bicyclic) bond motifs is 1. The van der Waals surface area contributed by atoms with Gasteiger partial charge in [0.05, 0.1) is 16.1 Å². The Morgan fingerprint density at radius 3 is 2.47 bits per heavy atom. The van der Waals surface area contributed by atoms with Crippen LogP contribution in [0, 0.1) is 13.8 Å². The van der Waals surface area contributed by atoms with Gasteiger partial charge in [0.2, 0.25) is 5.88 Å². The Labute approximate surface area is 201 Å². The van der Waals surface area contributed by atoms with Crippen molar-refractivity contribution in [3.63, 3.8) is 0 Å². The summed E-state index contributed by atoms with van der Waals surface area (Å²) >= 11 is 6.05.